The summed E-state index contributed by atoms with van der Waals surface area (Å²) >= 11 is 1.89. The highest BCUT2D eigenvalue weighted by molar-refractivity contribution is 14.1. The second kappa shape index (κ2) is 3.26. The Labute approximate surface area is 82.3 Å². The molecule has 0 aliphatic rings. The van der Waals surface area contributed by atoms with Crippen LogP contribution in [0.5, 0.6) is 0 Å². The van der Waals surface area contributed by atoms with Crippen molar-refractivity contribution in [2.45, 2.75) is 6.92 Å². The van der Waals surface area contributed by atoms with Gasteiger partial charge in [0.15, 0.2) is 0 Å². The van der Waals surface area contributed by atoms with Crippen LogP contribution in [-0.4, -0.2) is 10.9 Å². The molecular formula is C7H7IN2O2. The van der Waals surface area contributed by atoms with Crippen molar-refractivity contribution < 1.29 is 4.79 Å². The molecule has 0 fully saturated rings. The zero-order valence-corrected chi connectivity index (χ0v) is 8.51. The van der Waals surface area contributed by atoms with E-state index in [1.54, 1.807) is 13.0 Å². The zero-order valence-electron chi connectivity index (χ0n) is 6.35. The summed E-state index contributed by atoms with van der Waals surface area (Å²) in [4.78, 5) is 24.2. The van der Waals surface area contributed by atoms with Crippen LogP contribution >= 0.6 is 22.6 Å². The first-order valence-electron chi connectivity index (χ1n) is 3.21. The minimum Gasteiger partial charge on any atom is -0.364 e. The Hall–Kier alpha value is -0.850. The van der Waals surface area contributed by atoms with Crippen molar-refractivity contribution in [2.24, 2.45) is 5.73 Å². The van der Waals surface area contributed by atoms with Gasteiger partial charge in [-0.3, -0.25) is 9.59 Å². The smallest absolute Gasteiger partial charge is 0.265 e. The lowest BCUT2D eigenvalue weighted by atomic mass is 10.2. The lowest BCUT2D eigenvalue weighted by Crippen LogP contribution is -2.21. The molecule has 12 heavy (non-hydrogen) atoms. The monoisotopic (exact) mass is 278 g/mol. The van der Waals surface area contributed by atoms with Gasteiger partial charge in [-0.2, -0.15) is 0 Å². The van der Waals surface area contributed by atoms with Crippen LogP contribution in [0, 0.1) is 10.5 Å². The molecule has 0 aromatic carbocycles. The number of halogens is 1. The average Bonchev–Trinajstić information content (AvgIpc) is 1.96. The number of pyridine rings is 1. The number of hydrogen-bond acceptors (Lipinski definition) is 2. The van der Waals surface area contributed by atoms with Gasteiger partial charge >= 0.3 is 0 Å². The molecule has 0 spiro atoms. The summed E-state index contributed by atoms with van der Waals surface area (Å²) in [7, 11) is 0. The number of carbonyl (C=O) groups is 1. The second-order valence-corrected chi connectivity index (χ2v) is 3.53. The molecule has 4 nitrogen and oxygen atoms in total. The average molecular weight is 278 g/mol. The fraction of sp³-hybridized carbons (Fsp3) is 0.143. The van der Waals surface area contributed by atoms with Crippen molar-refractivity contribution in [3.05, 3.63) is 31.2 Å². The molecule has 1 rings (SSSR count). The van der Waals surface area contributed by atoms with E-state index in [0.29, 0.717) is 9.13 Å². The van der Waals surface area contributed by atoms with Gasteiger partial charge in [0.25, 0.3) is 11.5 Å². The molecule has 0 saturated carbocycles. The summed E-state index contributed by atoms with van der Waals surface area (Å²) in [5.74, 6) is -0.610. The third kappa shape index (κ3) is 1.66. The number of primary amides is 1. The predicted molar refractivity (Wildman–Crippen MR) is 53.0 cm³/mol. The van der Waals surface area contributed by atoms with Crippen molar-refractivity contribution in [3.8, 4) is 0 Å². The Morgan fingerprint density at radius 3 is 2.75 bits per heavy atom. The van der Waals surface area contributed by atoms with Crippen LogP contribution < -0.4 is 11.3 Å². The number of hydrogen-bond donors (Lipinski definition) is 2. The van der Waals surface area contributed by atoms with Gasteiger partial charge in [0.2, 0.25) is 0 Å². The Morgan fingerprint density at radius 1 is 1.67 bits per heavy atom. The van der Waals surface area contributed by atoms with Crippen LogP contribution in [0.1, 0.15) is 16.1 Å². The van der Waals surface area contributed by atoms with Crippen molar-refractivity contribution in [2.75, 3.05) is 0 Å². The lowest BCUT2D eigenvalue weighted by Gasteiger charge is -2.00. The molecule has 3 N–H and O–H groups in total. The fourth-order valence-electron chi connectivity index (χ4n) is 0.856. The Kier molecular flexibility index (Phi) is 2.51. The van der Waals surface area contributed by atoms with Gasteiger partial charge in [-0.05, 0) is 41.1 Å². The van der Waals surface area contributed by atoms with E-state index in [1.165, 1.54) is 0 Å². The third-order valence-electron chi connectivity index (χ3n) is 1.44. The maximum absolute atomic E-state index is 11.0. The van der Waals surface area contributed by atoms with E-state index >= 15 is 0 Å². The number of aromatic nitrogens is 1. The predicted octanol–water partition coefficient (Wildman–Crippen LogP) is 0.387. The summed E-state index contributed by atoms with van der Waals surface area (Å²) in [6, 6.07) is 1.62. The lowest BCUT2D eigenvalue weighted by molar-refractivity contribution is 0.0994. The SMILES string of the molecule is Cc1cc(I)c(=O)[nH]c1C(N)=O. The van der Waals surface area contributed by atoms with E-state index in [-0.39, 0.29) is 11.3 Å². The van der Waals surface area contributed by atoms with Gasteiger partial charge in [0.05, 0.1) is 3.57 Å². The van der Waals surface area contributed by atoms with Gasteiger partial charge in [-0.1, -0.05) is 0 Å². The first kappa shape index (κ1) is 9.24. The summed E-state index contributed by atoms with van der Waals surface area (Å²) < 4.78 is 0.551. The number of nitrogens with one attached hydrogen (secondary N) is 1. The first-order chi connectivity index (χ1) is 5.52. The summed E-state index contributed by atoms with van der Waals surface area (Å²) in [5, 5.41) is 0. The van der Waals surface area contributed by atoms with Crippen LogP contribution in [0.3, 0.4) is 0 Å². The minimum atomic E-state index is -0.610. The normalized spacial score (nSPS) is 9.83. The van der Waals surface area contributed by atoms with Crippen molar-refractivity contribution in [1.82, 2.24) is 4.98 Å². The van der Waals surface area contributed by atoms with Gasteiger partial charge in [-0.25, -0.2) is 0 Å². The summed E-state index contributed by atoms with van der Waals surface area (Å²) in [6.45, 7) is 1.72. The molecule has 1 heterocycles. The number of rotatable bonds is 1. The summed E-state index contributed by atoms with van der Waals surface area (Å²) in [6.07, 6.45) is 0. The molecule has 0 atom stereocenters. The minimum absolute atomic E-state index is 0.181. The van der Waals surface area contributed by atoms with Crippen LogP contribution in [0.25, 0.3) is 0 Å². The van der Waals surface area contributed by atoms with Gasteiger partial charge in [-0.15, -0.1) is 0 Å². The van der Waals surface area contributed by atoms with E-state index in [9.17, 15) is 9.59 Å². The number of aromatic amines is 1. The molecule has 0 aliphatic carbocycles. The van der Waals surface area contributed by atoms with Gasteiger partial charge in [0.1, 0.15) is 5.69 Å². The number of H-pyrrole nitrogens is 1. The van der Waals surface area contributed by atoms with Crippen LogP contribution in [0.4, 0.5) is 0 Å². The highest BCUT2D eigenvalue weighted by Gasteiger charge is 2.07. The van der Waals surface area contributed by atoms with Gasteiger partial charge in [0, 0.05) is 0 Å². The third-order valence-corrected chi connectivity index (χ3v) is 2.24. The maximum Gasteiger partial charge on any atom is 0.265 e. The largest absolute Gasteiger partial charge is 0.364 e. The Bertz CT molecular complexity index is 383. The first-order valence-corrected chi connectivity index (χ1v) is 4.29. The summed E-state index contributed by atoms with van der Waals surface area (Å²) in [5.41, 5.74) is 5.61. The molecular weight excluding hydrogens is 271 g/mol. The van der Waals surface area contributed by atoms with E-state index in [2.05, 4.69) is 4.98 Å². The van der Waals surface area contributed by atoms with E-state index in [1.807, 2.05) is 22.6 Å². The quantitative estimate of drug-likeness (QED) is 0.729. The molecule has 0 bridgehead atoms. The Morgan fingerprint density at radius 2 is 2.25 bits per heavy atom. The molecule has 1 amide bonds. The molecule has 0 saturated heterocycles. The molecule has 1 aromatic heterocycles. The van der Waals surface area contributed by atoms with Gasteiger partial charge < -0.3 is 10.7 Å². The van der Waals surface area contributed by atoms with Crippen molar-refractivity contribution >= 4 is 28.5 Å². The zero-order chi connectivity index (χ0) is 9.30. The Balaban J connectivity index is 3.43. The van der Waals surface area contributed by atoms with E-state index in [0.717, 1.165) is 0 Å². The fourth-order valence-corrected chi connectivity index (χ4v) is 1.46. The maximum atomic E-state index is 11.0. The number of aryl methyl sites for hydroxylation is 1. The number of carbonyl (C=O) groups excluding carboxylic acids is 1. The van der Waals surface area contributed by atoms with Crippen LogP contribution in [0.2, 0.25) is 0 Å². The number of nitrogens with two attached hydrogens (primary N) is 1. The highest BCUT2D eigenvalue weighted by Crippen LogP contribution is 2.04. The molecule has 1 aromatic rings. The molecule has 0 aliphatic heterocycles. The molecule has 5 heteroatoms. The second-order valence-electron chi connectivity index (χ2n) is 2.37. The van der Waals surface area contributed by atoms with E-state index in [4.69, 9.17) is 5.73 Å². The number of amides is 1. The van der Waals surface area contributed by atoms with Crippen molar-refractivity contribution in [3.63, 3.8) is 0 Å². The molecule has 64 valence electrons. The molecule has 0 unspecified atom stereocenters. The van der Waals surface area contributed by atoms with Crippen LogP contribution in [-0.2, 0) is 0 Å². The highest BCUT2D eigenvalue weighted by atomic mass is 127. The topological polar surface area (TPSA) is 75.9 Å². The van der Waals surface area contributed by atoms with E-state index < -0.39 is 5.91 Å². The van der Waals surface area contributed by atoms with Crippen LogP contribution in [0.15, 0.2) is 10.9 Å². The standard InChI is InChI=1S/C7H7IN2O2/c1-3-2-4(8)7(12)10-5(3)6(9)11/h2H,1H3,(H2,9,11)(H,10,12). The van der Waals surface area contributed by atoms with Crippen molar-refractivity contribution in [1.29, 1.82) is 0 Å². The molecule has 0 radical (unpaired) electrons.